The van der Waals surface area contributed by atoms with Crippen LogP contribution in [0.1, 0.15) is 4.88 Å². The molecule has 0 N–H and O–H groups in total. The van der Waals surface area contributed by atoms with E-state index in [1.54, 1.807) is 16.0 Å². The molecule has 0 aliphatic carbocycles. The van der Waals surface area contributed by atoms with Gasteiger partial charge in [0, 0.05) is 37.1 Å². The second kappa shape index (κ2) is 9.00. The molecule has 164 valence electrons. The van der Waals surface area contributed by atoms with Gasteiger partial charge in [0.25, 0.3) is 5.69 Å². The molecule has 0 amide bonds. The Morgan fingerprint density at radius 3 is 2.68 bits per heavy atom. The smallest absolute Gasteiger partial charge is 0.284 e. The molecule has 3 aromatic rings. The normalized spacial score (nSPS) is 15.9. The second-order valence-electron chi connectivity index (χ2n) is 6.89. The van der Waals surface area contributed by atoms with Crippen LogP contribution in [0.25, 0.3) is 0 Å². The van der Waals surface area contributed by atoms with Crippen molar-refractivity contribution in [1.29, 1.82) is 0 Å². The summed E-state index contributed by atoms with van der Waals surface area (Å²) in [6.07, 6.45) is 0. The number of aromatic nitrogens is 4. The van der Waals surface area contributed by atoms with Crippen LogP contribution in [0, 0.1) is 10.1 Å². The van der Waals surface area contributed by atoms with Crippen LogP contribution in [0.2, 0.25) is 0 Å². The molecule has 1 aromatic carbocycles. The number of rotatable bonds is 7. The zero-order valence-corrected chi connectivity index (χ0v) is 18.9. The largest absolute Gasteiger partial charge is 0.304 e. The Labute approximate surface area is 186 Å². The molecule has 1 fully saturated rings. The van der Waals surface area contributed by atoms with Crippen molar-refractivity contribution in [3.05, 3.63) is 50.7 Å². The molecule has 11 nitrogen and oxygen atoms in total. The standard InChI is InChI=1S/C17H19N7O4S3/c1-21-6-8-22(9-7-21)31(27,28)14-4-5-16(15(11-14)24(25)26)30-17-18-19-20-23(17)12-13-3-2-10-29-13/h2-5,10-11H,6-9,12H2,1H3. The highest BCUT2D eigenvalue weighted by Crippen LogP contribution is 2.36. The summed E-state index contributed by atoms with van der Waals surface area (Å²) in [7, 11) is -1.89. The SMILES string of the molecule is CN1CCN(S(=O)(=O)c2ccc(Sc3nnnn3Cc3cccs3)c([N+](=O)[O-])c2)CC1. The van der Waals surface area contributed by atoms with Crippen LogP contribution < -0.4 is 0 Å². The number of likely N-dealkylation sites (N-methyl/N-ethyl adjacent to an activating group) is 1. The highest BCUT2D eigenvalue weighted by Gasteiger charge is 2.30. The van der Waals surface area contributed by atoms with Gasteiger partial charge in [-0.3, -0.25) is 10.1 Å². The van der Waals surface area contributed by atoms with Crippen molar-refractivity contribution >= 4 is 38.8 Å². The van der Waals surface area contributed by atoms with E-state index in [1.165, 1.54) is 16.4 Å². The molecule has 4 rings (SSSR count). The minimum atomic E-state index is -3.81. The van der Waals surface area contributed by atoms with E-state index in [0.717, 1.165) is 22.7 Å². The maximum Gasteiger partial charge on any atom is 0.284 e. The molecular weight excluding hydrogens is 462 g/mol. The number of tetrazole rings is 1. The minimum absolute atomic E-state index is 0.0914. The fraction of sp³-hybridized carbons (Fsp3) is 0.353. The van der Waals surface area contributed by atoms with Crippen LogP contribution in [0.3, 0.4) is 0 Å². The summed E-state index contributed by atoms with van der Waals surface area (Å²) in [6.45, 7) is 2.36. The third-order valence-electron chi connectivity index (χ3n) is 4.81. The van der Waals surface area contributed by atoms with Crippen LogP contribution in [0.15, 0.2) is 50.7 Å². The minimum Gasteiger partial charge on any atom is -0.304 e. The fourth-order valence-corrected chi connectivity index (χ4v) is 6.06. The molecule has 1 aliphatic rings. The lowest BCUT2D eigenvalue weighted by molar-refractivity contribution is -0.388. The maximum absolute atomic E-state index is 13.0. The van der Waals surface area contributed by atoms with Crippen molar-refractivity contribution in [3.8, 4) is 0 Å². The van der Waals surface area contributed by atoms with Gasteiger partial charge in [-0.05, 0) is 52.8 Å². The monoisotopic (exact) mass is 481 g/mol. The van der Waals surface area contributed by atoms with E-state index < -0.39 is 14.9 Å². The summed E-state index contributed by atoms with van der Waals surface area (Å²) in [6, 6.07) is 7.82. The first kappa shape index (κ1) is 21.8. The molecule has 3 heterocycles. The summed E-state index contributed by atoms with van der Waals surface area (Å²) >= 11 is 2.58. The number of hydrogen-bond acceptors (Lipinski definition) is 10. The van der Waals surface area contributed by atoms with E-state index in [1.807, 2.05) is 29.5 Å². The zero-order chi connectivity index (χ0) is 22.0. The second-order valence-corrected chi connectivity index (χ2v) is 10.9. The van der Waals surface area contributed by atoms with Crippen LogP contribution in [0.4, 0.5) is 5.69 Å². The lowest BCUT2D eigenvalue weighted by Crippen LogP contribution is -2.47. The van der Waals surface area contributed by atoms with E-state index in [-0.39, 0.29) is 15.5 Å². The van der Waals surface area contributed by atoms with Gasteiger partial charge in [-0.2, -0.15) is 4.31 Å². The Hall–Kier alpha value is -2.39. The zero-order valence-electron chi connectivity index (χ0n) is 16.5. The van der Waals surface area contributed by atoms with Gasteiger partial charge in [-0.1, -0.05) is 6.07 Å². The van der Waals surface area contributed by atoms with Crippen molar-refractivity contribution in [1.82, 2.24) is 29.4 Å². The van der Waals surface area contributed by atoms with Crippen LogP contribution >= 0.6 is 23.1 Å². The van der Waals surface area contributed by atoms with Crippen LogP contribution in [-0.2, 0) is 16.6 Å². The lowest BCUT2D eigenvalue weighted by Gasteiger charge is -2.31. The van der Waals surface area contributed by atoms with Crippen molar-refractivity contribution < 1.29 is 13.3 Å². The molecule has 14 heteroatoms. The molecular formula is C17H19N7O4S3. The number of piperazine rings is 1. The first-order chi connectivity index (χ1) is 14.8. The van der Waals surface area contributed by atoms with Gasteiger partial charge in [0.15, 0.2) is 0 Å². The molecule has 0 unspecified atom stereocenters. The number of benzene rings is 1. The number of nitrogens with zero attached hydrogens (tertiary/aromatic N) is 7. The Kier molecular flexibility index (Phi) is 6.34. The first-order valence-corrected chi connectivity index (χ1v) is 12.4. The van der Waals surface area contributed by atoms with Gasteiger partial charge in [0.1, 0.15) is 0 Å². The van der Waals surface area contributed by atoms with Crippen LogP contribution in [0.5, 0.6) is 0 Å². The quantitative estimate of drug-likeness (QED) is 0.366. The van der Waals surface area contributed by atoms with Crippen molar-refractivity contribution in [3.63, 3.8) is 0 Å². The molecule has 1 aliphatic heterocycles. The van der Waals surface area contributed by atoms with Gasteiger partial charge >= 0.3 is 0 Å². The number of thiophene rings is 1. The molecule has 0 radical (unpaired) electrons. The third-order valence-corrected chi connectivity index (χ3v) is 8.61. The number of sulfonamides is 1. The highest BCUT2D eigenvalue weighted by molar-refractivity contribution is 7.99. The predicted octanol–water partition coefficient (Wildman–Crippen LogP) is 1.78. The van der Waals surface area contributed by atoms with Gasteiger partial charge in [-0.25, -0.2) is 13.1 Å². The maximum atomic E-state index is 13.0. The Morgan fingerprint density at radius 2 is 2.00 bits per heavy atom. The molecule has 0 saturated carbocycles. The Morgan fingerprint density at radius 1 is 1.23 bits per heavy atom. The van der Waals surface area contributed by atoms with Gasteiger partial charge < -0.3 is 4.90 Å². The van der Waals surface area contributed by atoms with E-state index >= 15 is 0 Å². The third kappa shape index (κ3) is 4.77. The lowest BCUT2D eigenvalue weighted by atomic mass is 10.3. The van der Waals surface area contributed by atoms with E-state index in [0.29, 0.717) is 37.9 Å². The Bertz CT molecular complexity index is 1170. The van der Waals surface area contributed by atoms with Crippen molar-refractivity contribution in [2.75, 3.05) is 33.2 Å². The number of hydrogen-bond donors (Lipinski definition) is 0. The summed E-state index contributed by atoms with van der Waals surface area (Å²) in [5.41, 5.74) is -0.300. The van der Waals surface area contributed by atoms with Gasteiger partial charge in [0.05, 0.1) is 21.3 Å². The Balaban J connectivity index is 1.60. The first-order valence-electron chi connectivity index (χ1n) is 9.28. The van der Waals surface area contributed by atoms with Crippen LogP contribution in [-0.4, -0.2) is 76.0 Å². The average molecular weight is 482 g/mol. The summed E-state index contributed by atoms with van der Waals surface area (Å²) in [5, 5.41) is 25.6. The number of nitro groups is 1. The van der Waals surface area contributed by atoms with E-state index in [4.69, 9.17) is 0 Å². The molecule has 2 aromatic heterocycles. The summed E-state index contributed by atoms with van der Waals surface area (Å²) in [4.78, 5) is 14.4. The van der Waals surface area contributed by atoms with Crippen molar-refractivity contribution in [2.45, 2.75) is 21.5 Å². The highest BCUT2D eigenvalue weighted by atomic mass is 32.2. The van der Waals surface area contributed by atoms with Crippen molar-refractivity contribution in [2.24, 2.45) is 0 Å². The predicted molar refractivity (Wildman–Crippen MR) is 115 cm³/mol. The molecule has 0 bridgehead atoms. The van der Waals surface area contributed by atoms with Gasteiger partial charge in [0.2, 0.25) is 15.2 Å². The molecule has 31 heavy (non-hydrogen) atoms. The fourth-order valence-electron chi connectivity index (χ4n) is 3.08. The summed E-state index contributed by atoms with van der Waals surface area (Å²) < 4.78 is 28.9. The average Bonchev–Trinajstić information content (AvgIpc) is 3.41. The topological polar surface area (TPSA) is 127 Å². The molecule has 0 spiro atoms. The van der Waals surface area contributed by atoms with E-state index in [9.17, 15) is 18.5 Å². The van der Waals surface area contributed by atoms with E-state index in [2.05, 4.69) is 15.5 Å². The molecule has 1 saturated heterocycles. The number of nitro benzene ring substituents is 1. The summed E-state index contributed by atoms with van der Waals surface area (Å²) in [5.74, 6) is 0. The molecule has 0 atom stereocenters. The van der Waals surface area contributed by atoms with Gasteiger partial charge in [-0.15, -0.1) is 16.4 Å².